The van der Waals surface area contributed by atoms with Gasteiger partial charge in [-0.2, -0.15) is 0 Å². The number of urea groups is 1. The molecule has 0 saturated carbocycles. The van der Waals surface area contributed by atoms with E-state index in [1.54, 1.807) is 6.07 Å². The summed E-state index contributed by atoms with van der Waals surface area (Å²) in [5, 5.41) is 13.9. The lowest BCUT2D eigenvalue weighted by atomic mass is 10.1. The predicted molar refractivity (Wildman–Crippen MR) is 75.9 cm³/mol. The van der Waals surface area contributed by atoms with Crippen LogP contribution in [-0.2, 0) is 16.0 Å². The maximum atomic E-state index is 11.7. The van der Waals surface area contributed by atoms with Crippen molar-refractivity contribution in [2.45, 2.75) is 25.9 Å². The van der Waals surface area contributed by atoms with Crippen LogP contribution >= 0.6 is 0 Å². The van der Waals surface area contributed by atoms with Crippen LogP contribution in [0.15, 0.2) is 24.3 Å². The highest BCUT2D eigenvalue weighted by molar-refractivity contribution is 5.89. The second-order valence-corrected chi connectivity index (χ2v) is 4.34. The van der Waals surface area contributed by atoms with E-state index in [9.17, 15) is 9.59 Å². The van der Waals surface area contributed by atoms with E-state index in [0.29, 0.717) is 5.69 Å². The summed E-state index contributed by atoms with van der Waals surface area (Å²) in [6.45, 7) is 2.18. The van der Waals surface area contributed by atoms with Crippen molar-refractivity contribution in [3.63, 3.8) is 0 Å². The number of carbonyl (C=O) groups is 2. The first-order valence-corrected chi connectivity index (χ1v) is 6.43. The minimum Gasteiger partial charge on any atom is -0.481 e. The van der Waals surface area contributed by atoms with Gasteiger partial charge in [-0.1, -0.05) is 19.1 Å². The van der Waals surface area contributed by atoms with Crippen molar-refractivity contribution in [1.29, 1.82) is 0 Å². The molecule has 0 bridgehead atoms. The van der Waals surface area contributed by atoms with Crippen LogP contribution in [0.3, 0.4) is 0 Å². The molecule has 20 heavy (non-hydrogen) atoms. The lowest BCUT2D eigenvalue weighted by molar-refractivity contribution is -0.139. The number of carboxylic acid groups (broad SMARTS) is 1. The minimum atomic E-state index is -0.963. The Kier molecular flexibility index (Phi) is 6.52. The zero-order chi connectivity index (χ0) is 15.0. The number of ether oxygens (including phenoxy) is 1. The van der Waals surface area contributed by atoms with Gasteiger partial charge in [-0.15, -0.1) is 0 Å². The molecule has 1 unspecified atom stereocenters. The smallest absolute Gasteiger partial charge is 0.319 e. The molecule has 0 saturated heterocycles. The van der Waals surface area contributed by atoms with Crippen molar-refractivity contribution in [2.24, 2.45) is 0 Å². The molecule has 3 N–H and O–H groups in total. The molecule has 2 amide bonds. The van der Waals surface area contributed by atoms with E-state index < -0.39 is 12.1 Å². The Morgan fingerprint density at radius 3 is 2.75 bits per heavy atom. The average molecular weight is 280 g/mol. The molecule has 6 nitrogen and oxygen atoms in total. The second kappa shape index (κ2) is 8.16. The molecule has 1 aromatic rings. The van der Waals surface area contributed by atoms with Gasteiger partial charge in [-0.25, -0.2) is 4.79 Å². The fourth-order valence-corrected chi connectivity index (χ4v) is 1.68. The Morgan fingerprint density at radius 1 is 1.40 bits per heavy atom. The van der Waals surface area contributed by atoms with Crippen molar-refractivity contribution in [3.8, 4) is 0 Å². The number of aryl methyl sites for hydroxylation is 1. The number of rotatable bonds is 7. The first-order valence-electron chi connectivity index (χ1n) is 6.43. The standard InChI is InChI=1S/C14H20N2O4/c1-3-10-5-4-6-11(7-10)16-14(19)15-9-12(20-2)8-13(17)18/h4-7,12H,3,8-9H2,1-2H3,(H,17,18)(H2,15,16,19). The first-order chi connectivity index (χ1) is 9.55. The van der Waals surface area contributed by atoms with Gasteiger partial charge in [-0.3, -0.25) is 4.79 Å². The predicted octanol–water partition coefficient (Wildman–Crippen LogP) is 1.86. The summed E-state index contributed by atoms with van der Waals surface area (Å²) in [4.78, 5) is 22.3. The third-order valence-corrected chi connectivity index (χ3v) is 2.82. The normalized spacial score (nSPS) is 11.7. The van der Waals surface area contributed by atoms with Crippen LogP contribution in [0.5, 0.6) is 0 Å². The molecule has 0 fully saturated rings. The number of carbonyl (C=O) groups excluding carboxylic acids is 1. The molecule has 0 aliphatic heterocycles. The fraction of sp³-hybridized carbons (Fsp3) is 0.429. The van der Waals surface area contributed by atoms with Gasteiger partial charge in [-0.05, 0) is 24.1 Å². The molecular formula is C14H20N2O4. The van der Waals surface area contributed by atoms with Crippen LogP contribution in [0, 0.1) is 0 Å². The van der Waals surface area contributed by atoms with E-state index >= 15 is 0 Å². The summed E-state index contributed by atoms with van der Waals surface area (Å²) in [7, 11) is 1.41. The Bertz CT molecular complexity index is 462. The van der Waals surface area contributed by atoms with Crippen LogP contribution in [0.1, 0.15) is 18.9 Å². The van der Waals surface area contributed by atoms with Crippen molar-refractivity contribution in [2.75, 3.05) is 19.0 Å². The van der Waals surface area contributed by atoms with Crippen molar-refractivity contribution in [1.82, 2.24) is 5.32 Å². The van der Waals surface area contributed by atoms with Gasteiger partial charge in [0.25, 0.3) is 0 Å². The highest BCUT2D eigenvalue weighted by atomic mass is 16.5. The highest BCUT2D eigenvalue weighted by Gasteiger charge is 2.13. The molecule has 6 heteroatoms. The fourth-order valence-electron chi connectivity index (χ4n) is 1.68. The van der Waals surface area contributed by atoms with Crippen LogP contribution in [0.2, 0.25) is 0 Å². The van der Waals surface area contributed by atoms with Crippen LogP contribution in [-0.4, -0.2) is 36.9 Å². The maximum absolute atomic E-state index is 11.7. The molecular weight excluding hydrogens is 260 g/mol. The number of aliphatic carboxylic acids is 1. The van der Waals surface area contributed by atoms with Crippen molar-refractivity contribution < 1.29 is 19.4 Å². The largest absolute Gasteiger partial charge is 0.481 e. The Hall–Kier alpha value is -2.08. The van der Waals surface area contributed by atoms with Crippen molar-refractivity contribution in [3.05, 3.63) is 29.8 Å². The van der Waals surface area contributed by atoms with Crippen LogP contribution in [0.4, 0.5) is 10.5 Å². The number of amides is 2. The van der Waals surface area contributed by atoms with E-state index in [-0.39, 0.29) is 19.0 Å². The molecule has 0 aliphatic carbocycles. The van der Waals surface area contributed by atoms with Crippen LogP contribution in [0.25, 0.3) is 0 Å². The number of hydrogen-bond donors (Lipinski definition) is 3. The van der Waals surface area contributed by atoms with E-state index in [1.807, 2.05) is 25.1 Å². The van der Waals surface area contributed by atoms with Gasteiger partial charge < -0.3 is 20.5 Å². The first kappa shape index (κ1) is 16.0. The SMILES string of the molecule is CCc1cccc(NC(=O)NCC(CC(=O)O)OC)c1. The van der Waals surface area contributed by atoms with Gasteiger partial charge in [0.15, 0.2) is 0 Å². The van der Waals surface area contributed by atoms with E-state index in [1.165, 1.54) is 7.11 Å². The molecule has 1 rings (SSSR count). The van der Waals surface area contributed by atoms with Gasteiger partial charge >= 0.3 is 12.0 Å². The molecule has 1 atom stereocenters. The molecule has 1 aromatic carbocycles. The summed E-state index contributed by atoms with van der Waals surface area (Å²) >= 11 is 0. The Labute approximate surface area is 118 Å². The maximum Gasteiger partial charge on any atom is 0.319 e. The zero-order valence-electron chi connectivity index (χ0n) is 11.7. The third kappa shape index (κ3) is 5.71. The number of methoxy groups -OCH3 is 1. The molecule has 0 heterocycles. The summed E-state index contributed by atoms with van der Waals surface area (Å²) in [6, 6.07) is 7.16. The lowest BCUT2D eigenvalue weighted by Crippen LogP contribution is -2.37. The monoisotopic (exact) mass is 280 g/mol. The molecule has 110 valence electrons. The quantitative estimate of drug-likeness (QED) is 0.711. The van der Waals surface area contributed by atoms with Gasteiger partial charge in [0.05, 0.1) is 12.5 Å². The topological polar surface area (TPSA) is 87.7 Å². The molecule has 0 radical (unpaired) electrons. The summed E-state index contributed by atoms with van der Waals surface area (Å²) in [5.74, 6) is -0.963. The zero-order valence-corrected chi connectivity index (χ0v) is 11.7. The second-order valence-electron chi connectivity index (χ2n) is 4.34. The molecule has 0 spiro atoms. The summed E-state index contributed by atoms with van der Waals surface area (Å²) in [5.41, 5.74) is 1.83. The number of hydrogen-bond acceptors (Lipinski definition) is 3. The lowest BCUT2D eigenvalue weighted by Gasteiger charge is -2.14. The Morgan fingerprint density at radius 2 is 2.15 bits per heavy atom. The van der Waals surface area contributed by atoms with Crippen molar-refractivity contribution >= 4 is 17.7 Å². The number of nitrogens with one attached hydrogen (secondary N) is 2. The van der Waals surface area contributed by atoms with E-state index in [2.05, 4.69) is 10.6 Å². The number of anilines is 1. The van der Waals surface area contributed by atoms with E-state index in [0.717, 1.165) is 12.0 Å². The van der Waals surface area contributed by atoms with E-state index in [4.69, 9.17) is 9.84 Å². The minimum absolute atomic E-state index is 0.141. The molecule has 0 aliphatic rings. The van der Waals surface area contributed by atoms with Gasteiger partial charge in [0, 0.05) is 19.3 Å². The number of benzene rings is 1. The third-order valence-electron chi connectivity index (χ3n) is 2.82. The number of carboxylic acids is 1. The highest BCUT2D eigenvalue weighted by Crippen LogP contribution is 2.10. The Balaban J connectivity index is 2.44. The van der Waals surface area contributed by atoms with Gasteiger partial charge in [0.2, 0.25) is 0 Å². The van der Waals surface area contributed by atoms with Crippen LogP contribution < -0.4 is 10.6 Å². The summed E-state index contributed by atoms with van der Waals surface area (Å²) in [6.07, 6.45) is 0.198. The summed E-state index contributed by atoms with van der Waals surface area (Å²) < 4.78 is 4.97. The average Bonchev–Trinajstić information content (AvgIpc) is 2.43. The van der Waals surface area contributed by atoms with Gasteiger partial charge in [0.1, 0.15) is 0 Å². The molecule has 0 aromatic heterocycles.